The van der Waals surface area contributed by atoms with Crippen molar-refractivity contribution in [2.45, 2.75) is 12.5 Å². The Kier molecular flexibility index (Phi) is 4.48. The molecule has 1 heterocycles. The highest BCUT2D eigenvalue weighted by molar-refractivity contribution is 5.95. The van der Waals surface area contributed by atoms with Crippen molar-refractivity contribution in [2.75, 3.05) is 11.4 Å². The first-order valence-corrected chi connectivity index (χ1v) is 8.77. The van der Waals surface area contributed by atoms with Gasteiger partial charge in [0.05, 0.1) is 0 Å². The number of nitrogens with zero attached hydrogens (tertiary/aromatic N) is 1. The van der Waals surface area contributed by atoms with E-state index in [2.05, 4.69) is 11.4 Å². The van der Waals surface area contributed by atoms with Gasteiger partial charge in [0.15, 0.2) is 0 Å². The standard InChI is InChI=1S/C21H19N3O3/c25-20(23-27)15-6-8-17(9-7-15)24(19-11-12-22-21(19)26)18-10-5-14-3-1-2-4-16(14)13-18/h1-10,13,19,27H,11-12H2,(H,22,26)(H,23,25). The van der Waals surface area contributed by atoms with Crippen molar-refractivity contribution in [3.8, 4) is 0 Å². The quantitative estimate of drug-likeness (QED) is 0.493. The zero-order valence-electron chi connectivity index (χ0n) is 14.6. The second-order valence-corrected chi connectivity index (χ2v) is 6.48. The Hall–Kier alpha value is -3.38. The second-order valence-electron chi connectivity index (χ2n) is 6.48. The summed E-state index contributed by atoms with van der Waals surface area (Å²) in [4.78, 5) is 26.0. The number of hydrogen-bond donors (Lipinski definition) is 3. The predicted molar refractivity (Wildman–Crippen MR) is 103 cm³/mol. The fraction of sp³-hybridized carbons (Fsp3) is 0.143. The summed E-state index contributed by atoms with van der Waals surface area (Å²) in [7, 11) is 0. The number of hydrogen-bond acceptors (Lipinski definition) is 4. The van der Waals surface area contributed by atoms with Crippen molar-refractivity contribution in [3.63, 3.8) is 0 Å². The van der Waals surface area contributed by atoms with E-state index in [-0.39, 0.29) is 11.9 Å². The molecule has 1 saturated heterocycles. The van der Waals surface area contributed by atoms with Crippen LogP contribution < -0.4 is 15.7 Å². The monoisotopic (exact) mass is 361 g/mol. The van der Waals surface area contributed by atoms with E-state index in [0.717, 1.165) is 22.1 Å². The first-order valence-electron chi connectivity index (χ1n) is 8.77. The predicted octanol–water partition coefficient (Wildman–Crippen LogP) is 2.99. The van der Waals surface area contributed by atoms with Crippen LogP contribution in [0, 0.1) is 0 Å². The highest BCUT2D eigenvalue weighted by Gasteiger charge is 2.31. The van der Waals surface area contributed by atoms with Crippen molar-refractivity contribution in [1.82, 2.24) is 10.8 Å². The van der Waals surface area contributed by atoms with Crippen molar-refractivity contribution >= 4 is 34.0 Å². The van der Waals surface area contributed by atoms with Crippen LogP contribution in [0.3, 0.4) is 0 Å². The van der Waals surface area contributed by atoms with Crippen molar-refractivity contribution < 1.29 is 14.8 Å². The lowest BCUT2D eigenvalue weighted by atomic mass is 10.1. The molecule has 0 saturated carbocycles. The summed E-state index contributed by atoms with van der Waals surface area (Å²) in [5, 5.41) is 13.9. The van der Waals surface area contributed by atoms with Gasteiger partial charge in [-0.05, 0) is 53.6 Å². The third kappa shape index (κ3) is 3.22. The molecule has 3 aromatic carbocycles. The van der Waals surface area contributed by atoms with Crippen LogP contribution >= 0.6 is 0 Å². The third-order valence-corrected chi connectivity index (χ3v) is 4.85. The number of amides is 2. The molecule has 136 valence electrons. The van der Waals surface area contributed by atoms with Crippen LogP contribution in [0.15, 0.2) is 66.7 Å². The topological polar surface area (TPSA) is 81.7 Å². The molecule has 1 aliphatic rings. The third-order valence-electron chi connectivity index (χ3n) is 4.85. The van der Waals surface area contributed by atoms with E-state index < -0.39 is 5.91 Å². The average Bonchev–Trinajstić information content (AvgIpc) is 3.13. The minimum atomic E-state index is -0.572. The Balaban J connectivity index is 1.78. The van der Waals surface area contributed by atoms with Crippen LogP contribution in [-0.2, 0) is 4.79 Å². The number of fused-ring (bicyclic) bond motifs is 1. The van der Waals surface area contributed by atoms with Crippen molar-refractivity contribution in [2.24, 2.45) is 0 Å². The molecule has 6 heteroatoms. The number of benzene rings is 3. The summed E-state index contributed by atoms with van der Waals surface area (Å²) in [6.45, 7) is 0.637. The fourth-order valence-corrected chi connectivity index (χ4v) is 3.50. The van der Waals surface area contributed by atoms with Gasteiger partial charge in [0, 0.05) is 23.5 Å². The van der Waals surface area contributed by atoms with E-state index in [9.17, 15) is 9.59 Å². The van der Waals surface area contributed by atoms with Gasteiger partial charge in [0.2, 0.25) is 5.91 Å². The Labute approximate surface area is 156 Å². The van der Waals surface area contributed by atoms with Crippen molar-refractivity contribution in [3.05, 3.63) is 72.3 Å². The second kappa shape index (κ2) is 7.09. The van der Waals surface area contributed by atoms with Crippen LogP contribution in [0.4, 0.5) is 11.4 Å². The molecule has 2 amide bonds. The average molecular weight is 361 g/mol. The lowest BCUT2D eigenvalue weighted by molar-refractivity contribution is -0.120. The summed E-state index contributed by atoms with van der Waals surface area (Å²) in [6.07, 6.45) is 0.699. The number of anilines is 2. The van der Waals surface area contributed by atoms with Crippen molar-refractivity contribution in [1.29, 1.82) is 0 Å². The minimum Gasteiger partial charge on any atom is -0.354 e. The summed E-state index contributed by atoms with van der Waals surface area (Å²) in [5.41, 5.74) is 3.69. The Morgan fingerprint density at radius 2 is 1.70 bits per heavy atom. The maximum absolute atomic E-state index is 12.4. The van der Waals surface area contributed by atoms with E-state index in [1.165, 1.54) is 0 Å². The maximum atomic E-state index is 12.4. The maximum Gasteiger partial charge on any atom is 0.274 e. The number of carbonyl (C=O) groups is 2. The molecule has 0 spiro atoms. The molecular weight excluding hydrogens is 342 g/mol. The number of carbonyl (C=O) groups excluding carboxylic acids is 2. The van der Waals surface area contributed by atoms with Gasteiger partial charge in [-0.1, -0.05) is 30.3 Å². The number of nitrogens with one attached hydrogen (secondary N) is 2. The molecule has 27 heavy (non-hydrogen) atoms. The molecule has 1 atom stereocenters. The molecule has 0 aromatic heterocycles. The van der Waals surface area contributed by atoms with Crippen LogP contribution in [0.5, 0.6) is 0 Å². The van der Waals surface area contributed by atoms with E-state index in [1.54, 1.807) is 29.7 Å². The highest BCUT2D eigenvalue weighted by Crippen LogP contribution is 2.32. The molecule has 6 nitrogen and oxygen atoms in total. The molecule has 0 bridgehead atoms. The van der Waals surface area contributed by atoms with Crippen LogP contribution in [0.1, 0.15) is 16.8 Å². The van der Waals surface area contributed by atoms with Crippen LogP contribution in [0.25, 0.3) is 10.8 Å². The van der Waals surface area contributed by atoms with Gasteiger partial charge in [0.25, 0.3) is 5.91 Å². The van der Waals surface area contributed by atoms with Gasteiger partial charge in [-0.15, -0.1) is 0 Å². The molecule has 1 unspecified atom stereocenters. The molecule has 0 aliphatic carbocycles. The molecule has 0 radical (unpaired) electrons. The van der Waals surface area contributed by atoms with E-state index in [4.69, 9.17) is 5.21 Å². The summed E-state index contributed by atoms with van der Waals surface area (Å²) in [5.74, 6) is -0.585. The lowest BCUT2D eigenvalue weighted by Crippen LogP contribution is -2.37. The minimum absolute atomic E-state index is 0.0136. The molecule has 3 N–H and O–H groups in total. The highest BCUT2D eigenvalue weighted by atomic mass is 16.5. The van der Waals surface area contributed by atoms with Gasteiger partial charge in [-0.3, -0.25) is 14.8 Å². The summed E-state index contributed by atoms with van der Waals surface area (Å²) < 4.78 is 0. The smallest absolute Gasteiger partial charge is 0.274 e. The van der Waals surface area contributed by atoms with Crippen LogP contribution in [0.2, 0.25) is 0 Å². The first kappa shape index (κ1) is 17.1. The first-order chi connectivity index (χ1) is 13.2. The van der Waals surface area contributed by atoms with E-state index >= 15 is 0 Å². The van der Waals surface area contributed by atoms with Crippen LogP contribution in [-0.4, -0.2) is 29.6 Å². The molecule has 1 fully saturated rings. The largest absolute Gasteiger partial charge is 0.354 e. The molecule has 3 aromatic rings. The molecule has 1 aliphatic heterocycles. The fourth-order valence-electron chi connectivity index (χ4n) is 3.50. The number of rotatable bonds is 4. The van der Waals surface area contributed by atoms with Gasteiger partial charge < -0.3 is 10.2 Å². The Morgan fingerprint density at radius 3 is 2.37 bits per heavy atom. The normalized spacial score (nSPS) is 16.2. The molecular formula is C21H19N3O3. The summed E-state index contributed by atoms with van der Waals surface area (Å²) >= 11 is 0. The van der Waals surface area contributed by atoms with E-state index in [0.29, 0.717) is 18.5 Å². The lowest BCUT2D eigenvalue weighted by Gasteiger charge is -2.30. The van der Waals surface area contributed by atoms with E-state index in [1.807, 2.05) is 41.3 Å². The summed E-state index contributed by atoms with van der Waals surface area (Å²) in [6, 6.07) is 20.7. The van der Waals surface area contributed by atoms with Gasteiger partial charge in [-0.2, -0.15) is 0 Å². The van der Waals surface area contributed by atoms with Gasteiger partial charge in [-0.25, -0.2) is 5.48 Å². The zero-order valence-corrected chi connectivity index (χ0v) is 14.6. The Morgan fingerprint density at radius 1 is 1.00 bits per heavy atom. The SMILES string of the molecule is O=C(NO)c1ccc(N(c2ccc3ccccc3c2)C2CCNC2=O)cc1. The Bertz CT molecular complexity index is 1000. The van der Waals surface area contributed by atoms with Gasteiger partial charge >= 0.3 is 0 Å². The number of hydroxylamine groups is 1. The molecule has 4 rings (SSSR count). The zero-order chi connectivity index (χ0) is 18.8. The van der Waals surface area contributed by atoms with Gasteiger partial charge in [0.1, 0.15) is 6.04 Å².